The number of halogens is 1. The highest BCUT2D eigenvalue weighted by Crippen LogP contribution is 2.49. The van der Waals surface area contributed by atoms with Crippen molar-refractivity contribution in [1.82, 2.24) is 0 Å². The average Bonchev–Trinajstić information content (AvgIpc) is 2.74. The highest BCUT2D eigenvalue weighted by molar-refractivity contribution is 6.30. The Morgan fingerprint density at radius 3 is 2.11 bits per heavy atom. The first-order valence-corrected chi connectivity index (χ1v) is 8.73. The van der Waals surface area contributed by atoms with Gasteiger partial charge in [0.05, 0.1) is 30.5 Å². The fourth-order valence-corrected chi connectivity index (χ4v) is 3.44. The number of nitriles is 3. The molecule has 2 aromatic carbocycles. The molecule has 1 aliphatic carbocycles. The number of benzene rings is 2. The second-order valence-corrected chi connectivity index (χ2v) is 6.71. The van der Waals surface area contributed by atoms with Gasteiger partial charge < -0.3 is 10.5 Å². The topological polar surface area (TPSA) is 107 Å². The third-order valence-electron chi connectivity index (χ3n) is 4.86. The van der Waals surface area contributed by atoms with Gasteiger partial charge >= 0.3 is 0 Å². The number of methoxy groups -OCH3 is 1. The molecule has 28 heavy (non-hydrogen) atoms. The Hall–Kier alpha value is -3.72. The molecule has 0 radical (unpaired) electrons. The summed E-state index contributed by atoms with van der Waals surface area (Å²) in [7, 11) is 1.56. The van der Waals surface area contributed by atoms with Gasteiger partial charge in [0.15, 0.2) is 5.41 Å². The van der Waals surface area contributed by atoms with Crippen LogP contribution >= 0.6 is 11.6 Å². The fraction of sp³-hybridized carbons (Fsp3) is 0.136. The standard InChI is InChI=1S/C22H15ClN4O/c1-28-17-8-4-15(5-9-17)20-10-18(14-2-6-16(23)7-3-14)19(11-24)21(27)22(20,12-25)13-26/h2-10,20H,27H2,1H3. The molecule has 6 heteroatoms. The molecule has 0 amide bonds. The van der Waals surface area contributed by atoms with Gasteiger partial charge in [-0.15, -0.1) is 0 Å². The van der Waals surface area contributed by atoms with Crippen LogP contribution in [-0.4, -0.2) is 7.11 Å². The second-order valence-electron chi connectivity index (χ2n) is 6.27. The molecule has 0 saturated heterocycles. The molecule has 1 unspecified atom stereocenters. The van der Waals surface area contributed by atoms with Crippen molar-refractivity contribution in [2.45, 2.75) is 5.92 Å². The van der Waals surface area contributed by atoms with Crippen LogP contribution in [0.1, 0.15) is 17.0 Å². The van der Waals surface area contributed by atoms with Crippen molar-refractivity contribution in [3.63, 3.8) is 0 Å². The van der Waals surface area contributed by atoms with E-state index in [1.165, 1.54) is 0 Å². The highest BCUT2D eigenvalue weighted by atomic mass is 35.5. The molecule has 1 aliphatic rings. The first-order chi connectivity index (χ1) is 13.5. The van der Waals surface area contributed by atoms with Crippen molar-refractivity contribution >= 4 is 17.2 Å². The van der Waals surface area contributed by atoms with E-state index >= 15 is 0 Å². The number of rotatable bonds is 3. The van der Waals surface area contributed by atoms with E-state index in [1.54, 1.807) is 61.7 Å². The number of hydrogen-bond acceptors (Lipinski definition) is 5. The van der Waals surface area contributed by atoms with E-state index in [0.29, 0.717) is 16.3 Å². The van der Waals surface area contributed by atoms with Crippen LogP contribution in [0, 0.1) is 39.4 Å². The molecule has 136 valence electrons. The summed E-state index contributed by atoms with van der Waals surface area (Å²) in [5.41, 5.74) is 6.65. The minimum atomic E-state index is -1.68. The largest absolute Gasteiger partial charge is 0.497 e. The molecule has 0 spiro atoms. The molecule has 2 aromatic rings. The molecule has 0 heterocycles. The van der Waals surface area contributed by atoms with Crippen LogP contribution in [0.4, 0.5) is 0 Å². The van der Waals surface area contributed by atoms with Gasteiger partial charge in [0, 0.05) is 10.9 Å². The first-order valence-electron chi connectivity index (χ1n) is 8.35. The van der Waals surface area contributed by atoms with E-state index in [4.69, 9.17) is 22.1 Å². The van der Waals surface area contributed by atoms with E-state index in [-0.39, 0.29) is 11.3 Å². The van der Waals surface area contributed by atoms with Crippen LogP contribution in [0.3, 0.4) is 0 Å². The van der Waals surface area contributed by atoms with Gasteiger partial charge in [-0.05, 0) is 41.0 Å². The van der Waals surface area contributed by atoms with Gasteiger partial charge in [-0.1, -0.05) is 41.9 Å². The Kier molecular flexibility index (Phi) is 5.10. The summed E-state index contributed by atoms with van der Waals surface area (Å²) in [5.74, 6) is -0.00149. The van der Waals surface area contributed by atoms with E-state index in [0.717, 1.165) is 11.1 Å². The predicted octanol–water partition coefficient (Wildman–Crippen LogP) is 4.30. The maximum atomic E-state index is 9.88. The smallest absolute Gasteiger partial charge is 0.194 e. The zero-order valence-electron chi connectivity index (χ0n) is 15.0. The van der Waals surface area contributed by atoms with E-state index in [9.17, 15) is 15.8 Å². The third-order valence-corrected chi connectivity index (χ3v) is 5.11. The van der Waals surface area contributed by atoms with Crippen LogP contribution in [0.25, 0.3) is 5.57 Å². The van der Waals surface area contributed by atoms with Gasteiger partial charge in [0.1, 0.15) is 11.8 Å². The zero-order valence-corrected chi connectivity index (χ0v) is 15.7. The molecule has 3 rings (SSSR count). The maximum Gasteiger partial charge on any atom is 0.194 e. The highest BCUT2D eigenvalue weighted by Gasteiger charge is 2.47. The number of nitrogens with two attached hydrogens (primary N) is 1. The summed E-state index contributed by atoms with van der Waals surface area (Å²) in [4.78, 5) is 0. The Balaban J connectivity index is 2.26. The summed E-state index contributed by atoms with van der Waals surface area (Å²) < 4.78 is 5.18. The van der Waals surface area contributed by atoms with Gasteiger partial charge in [-0.25, -0.2) is 0 Å². The molecular weight excluding hydrogens is 372 g/mol. The quantitative estimate of drug-likeness (QED) is 0.846. The van der Waals surface area contributed by atoms with Crippen LogP contribution < -0.4 is 10.5 Å². The Morgan fingerprint density at radius 2 is 1.61 bits per heavy atom. The van der Waals surface area contributed by atoms with Gasteiger partial charge in [0.2, 0.25) is 0 Å². The lowest BCUT2D eigenvalue weighted by molar-refractivity contribution is 0.414. The summed E-state index contributed by atoms with van der Waals surface area (Å²) in [5, 5.41) is 30.0. The van der Waals surface area contributed by atoms with Crippen molar-refractivity contribution in [3.8, 4) is 24.0 Å². The Labute approximate surface area is 168 Å². The summed E-state index contributed by atoms with van der Waals surface area (Å²) in [6, 6.07) is 20.2. The third kappa shape index (κ3) is 2.97. The first kappa shape index (κ1) is 19.1. The van der Waals surface area contributed by atoms with Crippen LogP contribution in [0.15, 0.2) is 65.9 Å². The van der Waals surface area contributed by atoms with Crippen molar-refractivity contribution in [1.29, 1.82) is 15.8 Å². The molecule has 0 saturated carbocycles. The van der Waals surface area contributed by atoms with Crippen LogP contribution in [0.2, 0.25) is 5.02 Å². The number of nitrogens with zero attached hydrogens (tertiary/aromatic N) is 3. The molecule has 0 aromatic heterocycles. The van der Waals surface area contributed by atoms with E-state index < -0.39 is 11.3 Å². The molecule has 2 N–H and O–H groups in total. The minimum Gasteiger partial charge on any atom is -0.497 e. The number of allylic oxidation sites excluding steroid dienone is 4. The maximum absolute atomic E-state index is 9.88. The molecule has 0 bridgehead atoms. The lowest BCUT2D eigenvalue weighted by Crippen LogP contribution is -2.35. The lowest BCUT2D eigenvalue weighted by Gasteiger charge is -2.33. The average molecular weight is 387 g/mol. The van der Waals surface area contributed by atoms with E-state index in [2.05, 4.69) is 6.07 Å². The van der Waals surface area contributed by atoms with Crippen molar-refractivity contribution < 1.29 is 4.74 Å². The van der Waals surface area contributed by atoms with Crippen molar-refractivity contribution in [2.75, 3.05) is 7.11 Å². The summed E-state index contributed by atoms with van der Waals surface area (Å²) in [6.07, 6.45) is 1.76. The van der Waals surface area contributed by atoms with E-state index in [1.807, 2.05) is 12.1 Å². The Bertz CT molecular complexity index is 1080. The fourth-order valence-electron chi connectivity index (χ4n) is 3.32. The normalized spacial score (nSPS) is 17.7. The molecule has 1 atom stereocenters. The van der Waals surface area contributed by atoms with Gasteiger partial charge in [-0.2, -0.15) is 15.8 Å². The summed E-state index contributed by atoms with van der Waals surface area (Å²) >= 11 is 5.97. The van der Waals surface area contributed by atoms with Crippen LogP contribution in [0.5, 0.6) is 5.75 Å². The van der Waals surface area contributed by atoms with Gasteiger partial charge in [-0.3, -0.25) is 0 Å². The number of ether oxygens (including phenoxy) is 1. The van der Waals surface area contributed by atoms with Gasteiger partial charge in [0.25, 0.3) is 0 Å². The predicted molar refractivity (Wildman–Crippen MR) is 106 cm³/mol. The number of hydrogen-bond donors (Lipinski definition) is 1. The van der Waals surface area contributed by atoms with Crippen molar-refractivity contribution in [2.24, 2.45) is 11.1 Å². The van der Waals surface area contributed by atoms with Crippen molar-refractivity contribution in [3.05, 3.63) is 82.0 Å². The SMILES string of the molecule is COc1ccc(C2C=C(c3ccc(Cl)cc3)C(C#N)=C(N)C2(C#N)C#N)cc1. The lowest BCUT2D eigenvalue weighted by atomic mass is 9.65. The molecule has 0 fully saturated rings. The second kappa shape index (κ2) is 7.49. The summed E-state index contributed by atoms with van der Waals surface area (Å²) in [6.45, 7) is 0. The molecule has 0 aliphatic heterocycles. The van der Waals surface area contributed by atoms with Crippen LogP contribution in [-0.2, 0) is 0 Å². The minimum absolute atomic E-state index is 0.0479. The molecule has 5 nitrogen and oxygen atoms in total. The molecular formula is C22H15ClN4O. The zero-order chi connectivity index (χ0) is 20.3. The Morgan fingerprint density at radius 1 is 1.00 bits per heavy atom. The monoisotopic (exact) mass is 386 g/mol.